The van der Waals surface area contributed by atoms with Crippen molar-refractivity contribution in [1.82, 2.24) is 9.80 Å². The highest BCUT2D eigenvalue weighted by atomic mass is 79.9. The van der Waals surface area contributed by atoms with Crippen LogP contribution in [0.25, 0.3) is 0 Å². The molecule has 4 unspecified atom stereocenters. The summed E-state index contributed by atoms with van der Waals surface area (Å²) in [5.74, 6) is -2.08. The number of rotatable bonds is 11. The van der Waals surface area contributed by atoms with Crippen molar-refractivity contribution in [3.63, 3.8) is 0 Å². The molecule has 0 aromatic carbocycles. The van der Waals surface area contributed by atoms with Gasteiger partial charge in [0, 0.05) is 29.2 Å². The Morgan fingerprint density at radius 2 is 2.16 bits per heavy atom. The monoisotopic (exact) mass is 528 g/mol. The number of carbonyl (C=O) groups excluding carboxylic acids is 3. The molecule has 2 bridgehead atoms. The number of nitrogens with zero attached hydrogens (tertiary/aromatic N) is 2. The zero-order valence-electron chi connectivity index (χ0n) is 18.7. The fraction of sp³-hybridized carbons (Fsp3) is 0.696. The average Bonchev–Trinajstić information content (AvgIpc) is 3.34. The van der Waals surface area contributed by atoms with Gasteiger partial charge in [-0.1, -0.05) is 48.0 Å². The van der Waals surface area contributed by atoms with Gasteiger partial charge in [0.15, 0.2) is 0 Å². The van der Waals surface area contributed by atoms with E-state index < -0.39 is 28.6 Å². The molecule has 3 rings (SSSR count). The maximum absolute atomic E-state index is 14.0. The number of halogens is 1. The van der Waals surface area contributed by atoms with Crippen LogP contribution in [0.15, 0.2) is 25.3 Å². The predicted molar refractivity (Wildman–Crippen MR) is 128 cm³/mol. The van der Waals surface area contributed by atoms with Gasteiger partial charge in [0.1, 0.15) is 12.6 Å². The minimum Gasteiger partial charge on any atom is -0.461 e. The molecule has 1 spiro atoms. The first-order chi connectivity index (χ1) is 15.3. The van der Waals surface area contributed by atoms with E-state index >= 15 is 0 Å². The van der Waals surface area contributed by atoms with E-state index in [2.05, 4.69) is 36.0 Å². The third kappa shape index (κ3) is 4.05. The van der Waals surface area contributed by atoms with Crippen LogP contribution in [0, 0.1) is 11.8 Å². The third-order valence-corrected chi connectivity index (χ3v) is 10.0. The Labute approximate surface area is 202 Å². The number of fused-ring (bicyclic) bond motifs is 1. The summed E-state index contributed by atoms with van der Waals surface area (Å²) in [4.78, 5) is 43.9. The Hall–Kier alpha value is -1.32. The summed E-state index contributed by atoms with van der Waals surface area (Å²) in [6.45, 7) is 11.8. The van der Waals surface area contributed by atoms with Crippen molar-refractivity contribution in [2.75, 3.05) is 26.3 Å². The highest BCUT2D eigenvalue weighted by Crippen LogP contribution is 2.68. The summed E-state index contributed by atoms with van der Waals surface area (Å²) in [5, 5.41) is 9.55. The quantitative estimate of drug-likeness (QED) is 0.251. The van der Waals surface area contributed by atoms with E-state index in [1.165, 1.54) is 11.0 Å². The van der Waals surface area contributed by atoms with Gasteiger partial charge in [-0.05, 0) is 19.8 Å². The van der Waals surface area contributed by atoms with Crippen LogP contribution in [0.1, 0.15) is 33.1 Å². The summed E-state index contributed by atoms with van der Waals surface area (Å²) in [7, 11) is 0. The van der Waals surface area contributed by atoms with Gasteiger partial charge in [0.05, 0.1) is 23.2 Å². The Kier molecular flexibility index (Phi) is 8.15. The molecular formula is C23H33BrN2O5S. The van der Waals surface area contributed by atoms with Gasteiger partial charge in [-0.3, -0.25) is 14.4 Å². The van der Waals surface area contributed by atoms with Crippen LogP contribution in [0.4, 0.5) is 0 Å². The molecule has 9 heteroatoms. The molecule has 32 heavy (non-hydrogen) atoms. The predicted octanol–water partition coefficient (Wildman–Crippen LogP) is 2.38. The Morgan fingerprint density at radius 3 is 2.75 bits per heavy atom. The number of thioether (sulfide) groups is 1. The zero-order chi connectivity index (χ0) is 23.6. The van der Waals surface area contributed by atoms with Gasteiger partial charge in [-0.2, -0.15) is 0 Å². The first-order valence-corrected chi connectivity index (χ1v) is 13.0. The second-order valence-electron chi connectivity index (χ2n) is 8.75. The van der Waals surface area contributed by atoms with Crippen molar-refractivity contribution in [3.05, 3.63) is 25.3 Å². The van der Waals surface area contributed by atoms with Gasteiger partial charge in [0.2, 0.25) is 11.8 Å². The van der Waals surface area contributed by atoms with Crippen molar-refractivity contribution in [2.45, 2.75) is 60.0 Å². The van der Waals surface area contributed by atoms with Crippen molar-refractivity contribution in [3.8, 4) is 0 Å². The SMILES string of the molecule is C=CCOC(=O)[C@H]1[C@@H]2SC3(CC2Br)C(C(=O)N(CC=C)C(C)CCC)N(CCO)C(=O)[C@H]13. The maximum atomic E-state index is 14.0. The van der Waals surface area contributed by atoms with Crippen LogP contribution in [0.5, 0.6) is 0 Å². The highest BCUT2D eigenvalue weighted by molar-refractivity contribution is 9.09. The summed E-state index contributed by atoms with van der Waals surface area (Å²) in [5.41, 5.74) is 0. The Bertz CT molecular complexity index is 779. The topological polar surface area (TPSA) is 87.2 Å². The number of ether oxygens (including phenoxy) is 1. The second-order valence-corrected chi connectivity index (χ2v) is 11.5. The average molecular weight is 529 g/mol. The molecule has 7 nitrogen and oxygen atoms in total. The number of alkyl halides is 1. The number of amides is 2. The minimum absolute atomic E-state index is 0.0104. The number of esters is 1. The molecule has 3 aliphatic heterocycles. The fourth-order valence-electron chi connectivity index (χ4n) is 5.62. The van der Waals surface area contributed by atoms with Crippen molar-refractivity contribution >= 4 is 45.5 Å². The van der Waals surface area contributed by atoms with Gasteiger partial charge >= 0.3 is 5.97 Å². The minimum atomic E-state index is -0.737. The molecule has 0 aromatic rings. The lowest BCUT2D eigenvalue weighted by Crippen LogP contribution is -2.57. The van der Waals surface area contributed by atoms with E-state index in [9.17, 15) is 19.5 Å². The van der Waals surface area contributed by atoms with E-state index in [4.69, 9.17) is 4.74 Å². The normalized spacial score (nSPS) is 33.7. The standard InChI is InChI=1S/C23H33BrN2O5S/c1-5-8-14(4)25(9-6-2)21(29)19-23-13-15(24)18(32-23)16(22(30)31-12-7-3)17(23)20(28)26(19)10-11-27/h6-7,14-19,27H,2-3,5,8-13H2,1,4H3/t14?,15?,16-,17+,18-,19?,23?/m1/s1. The summed E-state index contributed by atoms with van der Waals surface area (Å²) in [6, 6.07) is -0.748. The fourth-order valence-corrected chi connectivity index (χ4v) is 9.22. The molecule has 3 aliphatic rings. The van der Waals surface area contributed by atoms with E-state index in [1.807, 2.05) is 6.92 Å². The highest BCUT2D eigenvalue weighted by Gasteiger charge is 2.76. The van der Waals surface area contributed by atoms with Crippen LogP contribution in [-0.4, -0.2) is 85.9 Å². The number of likely N-dealkylation sites (tertiary alicyclic amines) is 1. The van der Waals surface area contributed by atoms with Gasteiger partial charge in [0.25, 0.3) is 0 Å². The smallest absolute Gasteiger partial charge is 0.311 e. The zero-order valence-corrected chi connectivity index (χ0v) is 21.1. The molecule has 3 heterocycles. The summed E-state index contributed by atoms with van der Waals surface area (Å²) >= 11 is 5.28. The van der Waals surface area contributed by atoms with Gasteiger partial charge in [-0.15, -0.1) is 18.3 Å². The number of aliphatic hydroxyl groups is 1. The molecule has 0 saturated carbocycles. The van der Waals surface area contributed by atoms with E-state index in [0.717, 1.165) is 12.8 Å². The molecule has 2 amide bonds. The van der Waals surface area contributed by atoms with E-state index in [-0.39, 0.29) is 47.7 Å². The lowest BCUT2D eigenvalue weighted by Gasteiger charge is -2.39. The third-order valence-electron chi connectivity index (χ3n) is 6.83. The number of carbonyl (C=O) groups is 3. The summed E-state index contributed by atoms with van der Waals surface area (Å²) < 4.78 is 4.63. The van der Waals surface area contributed by atoms with Crippen molar-refractivity contribution in [2.24, 2.45) is 11.8 Å². The Balaban J connectivity index is 2.03. The van der Waals surface area contributed by atoms with Crippen LogP contribution < -0.4 is 0 Å². The molecular weight excluding hydrogens is 496 g/mol. The lowest BCUT2D eigenvalue weighted by molar-refractivity contribution is -0.153. The van der Waals surface area contributed by atoms with Crippen molar-refractivity contribution < 1.29 is 24.2 Å². The second kappa shape index (κ2) is 10.3. The number of hydrogen-bond donors (Lipinski definition) is 1. The van der Waals surface area contributed by atoms with Gasteiger partial charge < -0.3 is 19.6 Å². The maximum Gasteiger partial charge on any atom is 0.311 e. The molecule has 178 valence electrons. The molecule has 0 aliphatic carbocycles. The van der Waals surface area contributed by atoms with Crippen LogP contribution in [-0.2, 0) is 19.1 Å². The Morgan fingerprint density at radius 1 is 1.44 bits per heavy atom. The van der Waals surface area contributed by atoms with Crippen LogP contribution >= 0.6 is 27.7 Å². The number of hydrogen-bond acceptors (Lipinski definition) is 6. The summed E-state index contributed by atoms with van der Waals surface area (Å²) in [6.07, 6.45) is 5.57. The van der Waals surface area contributed by atoms with Crippen LogP contribution in [0.3, 0.4) is 0 Å². The molecule has 3 fully saturated rings. The van der Waals surface area contributed by atoms with E-state index in [1.54, 1.807) is 22.7 Å². The first-order valence-electron chi connectivity index (χ1n) is 11.2. The van der Waals surface area contributed by atoms with Crippen molar-refractivity contribution in [1.29, 1.82) is 0 Å². The van der Waals surface area contributed by atoms with Gasteiger partial charge in [-0.25, -0.2) is 0 Å². The number of aliphatic hydroxyl groups excluding tert-OH is 1. The molecule has 0 aromatic heterocycles. The molecule has 0 radical (unpaired) electrons. The molecule has 3 saturated heterocycles. The van der Waals surface area contributed by atoms with E-state index in [0.29, 0.717) is 13.0 Å². The molecule has 7 atom stereocenters. The number of β-amino-alcohol motifs (C(OH)–C–C–N with tert-alkyl or cyclic N) is 1. The largest absolute Gasteiger partial charge is 0.461 e. The first kappa shape index (κ1) is 25.3. The van der Waals surface area contributed by atoms with Crippen LogP contribution in [0.2, 0.25) is 0 Å². The lowest BCUT2D eigenvalue weighted by atomic mass is 9.71. The molecule has 1 N–H and O–H groups in total.